The number of hydrogen-bond acceptors (Lipinski definition) is 3. The van der Waals surface area contributed by atoms with Crippen molar-refractivity contribution in [2.45, 2.75) is 25.8 Å². The first-order chi connectivity index (χ1) is 7.17. The van der Waals surface area contributed by atoms with E-state index in [1.54, 1.807) is 7.11 Å². The quantitative estimate of drug-likeness (QED) is 0.796. The lowest BCUT2D eigenvalue weighted by Gasteiger charge is -2.08. The Hall–Kier alpha value is -1.35. The second-order valence-corrected chi connectivity index (χ2v) is 3.51. The van der Waals surface area contributed by atoms with Crippen molar-refractivity contribution in [3.63, 3.8) is 0 Å². The molecule has 0 saturated carbocycles. The van der Waals surface area contributed by atoms with E-state index in [1.807, 2.05) is 31.2 Å². The van der Waals surface area contributed by atoms with Gasteiger partial charge in [-0.25, -0.2) is 0 Å². The van der Waals surface area contributed by atoms with Gasteiger partial charge >= 0.3 is 0 Å². The van der Waals surface area contributed by atoms with Crippen LogP contribution in [0, 0.1) is 0 Å². The van der Waals surface area contributed by atoms with Crippen LogP contribution < -0.4 is 10.5 Å². The summed E-state index contributed by atoms with van der Waals surface area (Å²) in [6.07, 6.45) is 1.06. The van der Waals surface area contributed by atoms with Crippen LogP contribution in [-0.4, -0.2) is 18.9 Å². The highest BCUT2D eigenvalue weighted by Crippen LogP contribution is 2.13. The summed E-state index contributed by atoms with van der Waals surface area (Å²) in [7, 11) is 1.61. The molecule has 0 aromatic heterocycles. The number of carbonyl (C=O) groups excluding carboxylic acids is 1. The van der Waals surface area contributed by atoms with Crippen LogP contribution in [-0.2, 0) is 11.2 Å². The Morgan fingerprint density at radius 2 is 2.27 bits per heavy atom. The van der Waals surface area contributed by atoms with Crippen molar-refractivity contribution >= 4 is 5.78 Å². The average molecular weight is 207 g/mol. The Morgan fingerprint density at radius 3 is 2.87 bits per heavy atom. The lowest BCUT2D eigenvalue weighted by molar-refractivity contribution is -0.119. The van der Waals surface area contributed by atoms with Crippen molar-refractivity contribution < 1.29 is 9.53 Å². The standard InChI is InChI=1S/C12H17NO2/c1-3-11(13)12(14)8-9-5-4-6-10(7-9)15-2/h4-7,11H,3,8,13H2,1-2H3. The molecule has 0 amide bonds. The van der Waals surface area contributed by atoms with Gasteiger partial charge in [-0.2, -0.15) is 0 Å². The topological polar surface area (TPSA) is 52.3 Å². The van der Waals surface area contributed by atoms with E-state index >= 15 is 0 Å². The van der Waals surface area contributed by atoms with Gasteiger partial charge in [-0.05, 0) is 24.1 Å². The third-order valence-corrected chi connectivity index (χ3v) is 2.37. The molecule has 0 bridgehead atoms. The van der Waals surface area contributed by atoms with Crippen molar-refractivity contribution in [2.75, 3.05) is 7.11 Å². The van der Waals surface area contributed by atoms with Crippen LogP contribution in [0.15, 0.2) is 24.3 Å². The predicted molar refractivity (Wildman–Crippen MR) is 60.0 cm³/mol. The Labute approximate surface area is 90.2 Å². The highest BCUT2D eigenvalue weighted by atomic mass is 16.5. The summed E-state index contributed by atoms with van der Waals surface area (Å²) in [4.78, 5) is 11.6. The highest BCUT2D eigenvalue weighted by molar-refractivity contribution is 5.85. The first-order valence-electron chi connectivity index (χ1n) is 5.08. The number of methoxy groups -OCH3 is 1. The first-order valence-corrected chi connectivity index (χ1v) is 5.08. The van der Waals surface area contributed by atoms with Crippen LogP contribution in [0.2, 0.25) is 0 Å². The molecule has 1 rings (SSSR count). The Bertz CT molecular complexity index is 336. The fourth-order valence-electron chi connectivity index (χ4n) is 1.34. The number of rotatable bonds is 5. The number of hydrogen-bond donors (Lipinski definition) is 1. The van der Waals surface area contributed by atoms with Crippen molar-refractivity contribution in [1.29, 1.82) is 0 Å². The van der Waals surface area contributed by atoms with Gasteiger partial charge in [0.15, 0.2) is 5.78 Å². The highest BCUT2D eigenvalue weighted by Gasteiger charge is 2.11. The molecule has 3 nitrogen and oxygen atoms in total. The number of ketones is 1. The van der Waals surface area contributed by atoms with E-state index in [2.05, 4.69) is 0 Å². The van der Waals surface area contributed by atoms with Crippen LogP contribution in [0.4, 0.5) is 0 Å². The van der Waals surface area contributed by atoms with E-state index in [9.17, 15) is 4.79 Å². The van der Waals surface area contributed by atoms with Gasteiger partial charge in [0.05, 0.1) is 13.2 Å². The third-order valence-electron chi connectivity index (χ3n) is 2.37. The number of nitrogens with two attached hydrogens (primary N) is 1. The van der Waals surface area contributed by atoms with Crippen molar-refractivity contribution in [1.82, 2.24) is 0 Å². The van der Waals surface area contributed by atoms with Crippen LogP contribution in [0.25, 0.3) is 0 Å². The lowest BCUT2D eigenvalue weighted by atomic mass is 10.0. The minimum absolute atomic E-state index is 0.0748. The second-order valence-electron chi connectivity index (χ2n) is 3.51. The summed E-state index contributed by atoms with van der Waals surface area (Å²) in [5.41, 5.74) is 6.60. The molecule has 0 saturated heterocycles. The van der Waals surface area contributed by atoms with E-state index in [-0.39, 0.29) is 11.8 Å². The molecule has 1 atom stereocenters. The monoisotopic (exact) mass is 207 g/mol. The van der Waals surface area contributed by atoms with Crippen molar-refractivity contribution in [3.8, 4) is 5.75 Å². The van der Waals surface area contributed by atoms with Gasteiger partial charge < -0.3 is 10.5 Å². The normalized spacial score (nSPS) is 12.2. The molecule has 15 heavy (non-hydrogen) atoms. The molecule has 0 spiro atoms. The zero-order valence-corrected chi connectivity index (χ0v) is 9.19. The van der Waals surface area contributed by atoms with E-state index in [1.165, 1.54) is 0 Å². The molecule has 0 fully saturated rings. The molecular weight excluding hydrogens is 190 g/mol. The Morgan fingerprint density at radius 1 is 1.53 bits per heavy atom. The minimum Gasteiger partial charge on any atom is -0.497 e. The summed E-state index contributed by atoms with van der Waals surface area (Å²) in [5, 5.41) is 0. The van der Waals surface area contributed by atoms with Crippen molar-refractivity contribution in [3.05, 3.63) is 29.8 Å². The SMILES string of the molecule is CCC(N)C(=O)Cc1cccc(OC)c1. The molecule has 1 aromatic carbocycles. The van der Waals surface area contributed by atoms with Gasteiger partial charge in [-0.3, -0.25) is 4.79 Å². The summed E-state index contributed by atoms with van der Waals surface area (Å²) in [6.45, 7) is 1.91. The number of carbonyl (C=O) groups is 1. The third kappa shape index (κ3) is 3.36. The number of Topliss-reactive ketones (excluding diaryl/α,β-unsaturated/α-hetero) is 1. The predicted octanol–water partition coefficient (Wildman–Crippen LogP) is 1.54. The number of benzene rings is 1. The maximum absolute atomic E-state index is 11.6. The van der Waals surface area contributed by atoms with Crippen molar-refractivity contribution in [2.24, 2.45) is 5.73 Å². The lowest BCUT2D eigenvalue weighted by Crippen LogP contribution is -2.30. The van der Waals surface area contributed by atoms with E-state index < -0.39 is 0 Å². The van der Waals surface area contributed by atoms with Gasteiger partial charge in [0.1, 0.15) is 5.75 Å². The molecule has 2 N–H and O–H groups in total. The first kappa shape index (κ1) is 11.7. The molecule has 0 radical (unpaired) electrons. The molecule has 3 heteroatoms. The van der Waals surface area contributed by atoms with Crippen LogP contribution in [0.3, 0.4) is 0 Å². The zero-order chi connectivity index (χ0) is 11.3. The molecule has 0 aliphatic heterocycles. The van der Waals surface area contributed by atoms with Crippen LogP contribution >= 0.6 is 0 Å². The minimum atomic E-state index is -0.351. The van der Waals surface area contributed by atoms with E-state index in [0.717, 1.165) is 11.3 Å². The molecular formula is C12H17NO2. The second kappa shape index (κ2) is 5.51. The Balaban J connectivity index is 2.68. The largest absolute Gasteiger partial charge is 0.497 e. The van der Waals surface area contributed by atoms with Gasteiger partial charge in [0, 0.05) is 6.42 Å². The van der Waals surface area contributed by atoms with Gasteiger partial charge in [0.2, 0.25) is 0 Å². The summed E-state index contributed by atoms with van der Waals surface area (Å²) < 4.78 is 5.08. The van der Waals surface area contributed by atoms with Crippen LogP contribution in [0.5, 0.6) is 5.75 Å². The van der Waals surface area contributed by atoms with Gasteiger partial charge in [-0.15, -0.1) is 0 Å². The summed E-state index contributed by atoms with van der Waals surface area (Å²) in [6, 6.07) is 7.15. The fraction of sp³-hybridized carbons (Fsp3) is 0.417. The van der Waals surface area contributed by atoms with Gasteiger partial charge in [-0.1, -0.05) is 19.1 Å². The molecule has 1 unspecified atom stereocenters. The smallest absolute Gasteiger partial charge is 0.153 e. The summed E-state index contributed by atoms with van der Waals surface area (Å²) in [5.74, 6) is 0.844. The molecule has 0 aliphatic carbocycles. The molecule has 0 aliphatic rings. The Kier molecular flexibility index (Phi) is 4.31. The number of ether oxygens (including phenoxy) is 1. The maximum atomic E-state index is 11.6. The molecule has 0 heterocycles. The fourth-order valence-corrected chi connectivity index (χ4v) is 1.34. The van der Waals surface area contributed by atoms with E-state index in [4.69, 9.17) is 10.5 Å². The van der Waals surface area contributed by atoms with Crippen LogP contribution in [0.1, 0.15) is 18.9 Å². The zero-order valence-electron chi connectivity index (χ0n) is 9.19. The van der Waals surface area contributed by atoms with E-state index in [0.29, 0.717) is 12.8 Å². The summed E-state index contributed by atoms with van der Waals surface area (Å²) >= 11 is 0. The molecule has 82 valence electrons. The average Bonchev–Trinajstić information content (AvgIpc) is 2.28. The van der Waals surface area contributed by atoms with Gasteiger partial charge in [0.25, 0.3) is 0 Å². The molecule has 1 aromatic rings. The maximum Gasteiger partial charge on any atom is 0.153 e.